The predicted octanol–water partition coefficient (Wildman–Crippen LogP) is 11.4. The maximum atomic E-state index is 8.97. The molecule has 45 heavy (non-hydrogen) atoms. The lowest BCUT2D eigenvalue weighted by molar-refractivity contribution is 0.669. The fourth-order valence-corrected chi connectivity index (χ4v) is 6.93. The van der Waals surface area contributed by atoms with Crippen LogP contribution in [-0.4, -0.2) is 9.13 Å². The molecule has 3 heteroatoms. The van der Waals surface area contributed by atoms with Crippen LogP contribution in [0.2, 0.25) is 0 Å². The molecule has 0 amide bonds. The van der Waals surface area contributed by atoms with Gasteiger partial charge in [0.15, 0.2) is 0 Å². The lowest BCUT2D eigenvalue weighted by Crippen LogP contribution is -1.98. The van der Waals surface area contributed by atoms with Gasteiger partial charge in [-0.05, 0) is 60.1 Å². The minimum Gasteiger partial charge on any atom is -0.456 e. The maximum Gasteiger partial charge on any atom is 0.136 e. The molecule has 0 saturated carbocycles. The third kappa shape index (κ3) is 3.41. The summed E-state index contributed by atoms with van der Waals surface area (Å²) >= 11 is 0. The van der Waals surface area contributed by atoms with Crippen LogP contribution in [0.25, 0.3) is 88.1 Å². The van der Waals surface area contributed by atoms with Crippen LogP contribution in [0.3, 0.4) is 0 Å². The number of hydrogen-bond donors (Lipinski definition) is 0. The van der Waals surface area contributed by atoms with E-state index >= 15 is 0 Å². The molecule has 0 radical (unpaired) electrons. The normalized spacial score (nSPS) is 14.5. The number of nitrogens with zero attached hydrogens (tertiary/aromatic N) is 2. The summed E-state index contributed by atoms with van der Waals surface area (Å²) in [7, 11) is 0. The molecule has 0 fully saturated rings. The summed E-state index contributed by atoms with van der Waals surface area (Å²) in [5.74, 6) is 0. The van der Waals surface area contributed by atoms with Gasteiger partial charge in [-0.3, -0.25) is 0 Å². The quantitative estimate of drug-likeness (QED) is 0.203. The van der Waals surface area contributed by atoms with Crippen molar-refractivity contribution in [1.82, 2.24) is 9.13 Å². The van der Waals surface area contributed by atoms with Gasteiger partial charge in [0.1, 0.15) is 11.2 Å². The molecule has 0 atom stereocenters. The van der Waals surface area contributed by atoms with Crippen molar-refractivity contribution in [2.45, 2.75) is 0 Å². The van der Waals surface area contributed by atoms with Gasteiger partial charge in [-0.1, -0.05) is 103 Å². The Morgan fingerprint density at radius 1 is 0.444 bits per heavy atom. The molecular formula is C42H26N2O. The average Bonchev–Trinajstić information content (AvgIpc) is 3.86. The molecule has 0 spiro atoms. The highest BCUT2D eigenvalue weighted by Crippen LogP contribution is 2.42. The molecule has 3 nitrogen and oxygen atoms in total. The van der Waals surface area contributed by atoms with Crippen molar-refractivity contribution < 1.29 is 15.4 Å². The second-order valence-corrected chi connectivity index (χ2v) is 11.1. The molecule has 0 aliphatic rings. The van der Waals surface area contributed by atoms with Crippen LogP contribution in [-0.2, 0) is 0 Å². The van der Waals surface area contributed by atoms with E-state index in [1.54, 1.807) is 4.57 Å². The molecule has 0 bridgehead atoms. The largest absolute Gasteiger partial charge is 0.456 e. The van der Waals surface area contributed by atoms with Gasteiger partial charge in [-0.2, -0.15) is 0 Å². The number of benzene rings is 7. The maximum absolute atomic E-state index is 8.97. The van der Waals surface area contributed by atoms with Gasteiger partial charge in [-0.15, -0.1) is 0 Å². The van der Waals surface area contributed by atoms with Gasteiger partial charge in [0, 0.05) is 43.6 Å². The SMILES string of the molecule is [2H]c1c([2H])c([2H])c2c(c1[2H])c1c([2H])c([2H])c([2H])c([2H])c1n2-c1ccc2c(c1)c1ccccc1n2-c1ccccc1-c1cccc2oc3ccccc3c12. The Labute approximate surface area is 270 Å². The van der Waals surface area contributed by atoms with Crippen LogP contribution in [0.4, 0.5) is 0 Å². The number of furan rings is 1. The van der Waals surface area contributed by atoms with E-state index in [1.165, 1.54) is 0 Å². The number of aromatic nitrogens is 2. The Bertz CT molecular complexity index is 3150. The van der Waals surface area contributed by atoms with Crippen molar-refractivity contribution in [3.8, 4) is 22.5 Å². The molecule has 0 saturated heterocycles. The highest BCUT2D eigenvalue weighted by atomic mass is 16.3. The second kappa shape index (κ2) is 9.22. The first-order chi connectivity index (χ1) is 25.7. The van der Waals surface area contributed by atoms with Gasteiger partial charge < -0.3 is 13.6 Å². The first-order valence-electron chi connectivity index (χ1n) is 18.7. The van der Waals surface area contributed by atoms with Crippen molar-refractivity contribution in [3.63, 3.8) is 0 Å². The molecule has 10 rings (SSSR count). The van der Waals surface area contributed by atoms with E-state index in [4.69, 9.17) is 15.4 Å². The molecular weight excluding hydrogens is 548 g/mol. The van der Waals surface area contributed by atoms with Gasteiger partial charge >= 0.3 is 0 Å². The molecule has 0 N–H and O–H groups in total. The Balaban J connectivity index is 1.30. The minimum atomic E-state index is -0.467. The fourth-order valence-electron chi connectivity index (χ4n) is 6.93. The lowest BCUT2D eigenvalue weighted by atomic mass is 9.98. The molecule has 0 unspecified atom stereocenters. The summed E-state index contributed by atoms with van der Waals surface area (Å²) in [6.45, 7) is 0. The van der Waals surface area contributed by atoms with E-state index in [-0.39, 0.29) is 46.0 Å². The Kier molecular flexibility index (Phi) is 3.67. The summed E-state index contributed by atoms with van der Waals surface area (Å²) in [4.78, 5) is 0. The Hall–Kier alpha value is -6.06. The van der Waals surface area contributed by atoms with Gasteiger partial charge in [0.05, 0.1) is 38.7 Å². The summed E-state index contributed by atoms with van der Waals surface area (Å²) < 4.78 is 79.5. The van der Waals surface area contributed by atoms with Crippen LogP contribution >= 0.6 is 0 Å². The first kappa shape index (κ1) is 17.9. The average molecular weight is 583 g/mol. The van der Waals surface area contributed by atoms with E-state index < -0.39 is 24.2 Å². The number of hydrogen-bond acceptors (Lipinski definition) is 1. The Morgan fingerprint density at radius 2 is 1.09 bits per heavy atom. The zero-order valence-electron chi connectivity index (χ0n) is 31.7. The molecule has 210 valence electrons. The standard InChI is InChI=1S/C42H26N2O/c1-6-18-35-28(12-1)29-13-2-7-19-36(29)43(35)27-24-25-39-34(26-27)31-15-4-9-21-38(31)44(39)37-20-8-3-14-30(37)32-17-11-23-41-42(32)33-16-5-10-22-40(33)45-41/h1-26H/i1D,2D,6D,7D,12D,13D,18D,19D. The molecule has 10 aromatic rings. The molecule has 3 aromatic heterocycles. The van der Waals surface area contributed by atoms with E-state index in [2.05, 4.69) is 34.9 Å². The van der Waals surface area contributed by atoms with E-state index in [9.17, 15) is 0 Å². The van der Waals surface area contributed by atoms with Crippen LogP contribution in [0, 0.1) is 0 Å². The third-order valence-corrected chi connectivity index (χ3v) is 8.78. The minimum absolute atomic E-state index is 0.0513. The topological polar surface area (TPSA) is 23.0 Å². The van der Waals surface area contributed by atoms with E-state index in [1.807, 2.05) is 78.9 Å². The van der Waals surface area contributed by atoms with Gasteiger partial charge in [-0.25, -0.2) is 0 Å². The smallest absolute Gasteiger partial charge is 0.136 e. The highest BCUT2D eigenvalue weighted by molar-refractivity contribution is 6.15. The Morgan fingerprint density at radius 3 is 1.93 bits per heavy atom. The van der Waals surface area contributed by atoms with Crippen LogP contribution in [0.1, 0.15) is 11.0 Å². The van der Waals surface area contributed by atoms with Gasteiger partial charge in [0.2, 0.25) is 0 Å². The van der Waals surface area contributed by atoms with Crippen molar-refractivity contribution in [1.29, 1.82) is 0 Å². The fraction of sp³-hybridized carbons (Fsp3) is 0. The number of para-hydroxylation sites is 5. The lowest BCUT2D eigenvalue weighted by Gasteiger charge is -2.15. The highest BCUT2D eigenvalue weighted by Gasteiger charge is 2.20. The van der Waals surface area contributed by atoms with Crippen molar-refractivity contribution >= 4 is 65.6 Å². The monoisotopic (exact) mass is 582 g/mol. The zero-order chi connectivity index (χ0) is 36.4. The van der Waals surface area contributed by atoms with Crippen molar-refractivity contribution in [2.75, 3.05) is 0 Å². The van der Waals surface area contributed by atoms with Gasteiger partial charge in [0.25, 0.3) is 0 Å². The van der Waals surface area contributed by atoms with Crippen LogP contribution < -0.4 is 0 Å². The van der Waals surface area contributed by atoms with Crippen LogP contribution in [0.15, 0.2) is 162 Å². The summed E-state index contributed by atoms with van der Waals surface area (Å²) in [6.07, 6.45) is 0. The molecule has 7 aromatic carbocycles. The van der Waals surface area contributed by atoms with Crippen LogP contribution in [0.5, 0.6) is 0 Å². The van der Waals surface area contributed by atoms with E-state index in [0.29, 0.717) is 5.69 Å². The second-order valence-electron chi connectivity index (χ2n) is 11.1. The molecule has 3 heterocycles. The summed E-state index contributed by atoms with van der Waals surface area (Å²) in [6, 6.07) is 33.0. The van der Waals surface area contributed by atoms with Crippen molar-refractivity contribution in [2.24, 2.45) is 0 Å². The third-order valence-electron chi connectivity index (χ3n) is 8.78. The summed E-state index contributed by atoms with van der Waals surface area (Å²) in [5, 5.41) is 3.96. The molecule has 0 aliphatic carbocycles. The number of fused-ring (bicyclic) bond motifs is 9. The number of rotatable bonds is 3. The zero-order valence-corrected chi connectivity index (χ0v) is 23.7. The first-order valence-corrected chi connectivity index (χ1v) is 14.7. The summed E-state index contributed by atoms with van der Waals surface area (Å²) in [5.41, 5.74) is 7.11. The predicted molar refractivity (Wildman–Crippen MR) is 188 cm³/mol. The van der Waals surface area contributed by atoms with E-state index in [0.717, 1.165) is 60.6 Å². The van der Waals surface area contributed by atoms with Crippen molar-refractivity contribution in [3.05, 3.63) is 158 Å². The molecule has 0 aliphatic heterocycles.